The van der Waals surface area contributed by atoms with Crippen LogP contribution in [0.15, 0.2) is 4.52 Å². The molecule has 0 spiro atoms. The number of carbonyl (C=O) groups is 2. The Morgan fingerprint density at radius 2 is 1.92 bits per heavy atom. The number of carboxylic acids is 1. The van der Waals surface area contributed by atoms with Crippen LogP contribution in [0.3, 0.4) is 0 Å². The highest BCUT2D eigenvalue weighted by atomic mass is 16.5. The van der Waals surface area contributed by atoms with E-state index in [1.807, 2.05) is 20.8 Å². The predicted octanol–water partition coefficient (Wildman–Crippen LogP) is 2.84. The number of aromatic nitrogens is 2. The Kier molecular flexibility index (Phi) is 6.19. The maximum Gasteiger partial charge on any atom is 0.311 e. The molecular weight excluding hydrogens is 322 g/mol. The Morgan fingerprint density at radius 1 is 1.24 bits per heavy atom. The molecule has 1 saturated carbocycles. The standard InChI is InChI=1S/C18H29N3O4/c1-17(2,3)15-20-14(25-21-15)9-7-8-13(22)19-12-18(16(23)24)10-5-4-6-11-18/h4-12H2,1-3H3,(H,19,22)(H,23,24). The third kappa shape index (κ3) is 5.28. The molecule has 1 aromatic rings. The van der Waals surface area contributed by atoms with Gasteiger partial charge in [0.05, 0.1) is 5.41 Å². The predicted molar refractivity (Wildman–Crippen MR) is 92.1 cm³/mol. The number of nitrogens with one attached hydrogen (secondary N) is 1. The van der Waals surface area contributed by atoms with E-state index in [-0.39, 0.29) is 17.9 Å². The minimum Gasteiger partial charge on any atom is -0.481 e. The quantitative estimate of drug-likeness (QED) is 0.782. The molecule has 1 aromatic heterocycles. The number of aliphatic carboxylic acids is 1. The number of amides is 1. The van der Waals surface area contributed by atoms with Crippen LogP contribution in [-0.2, 0) is 21.4 Å². The zero-order valence-corrected chi connectivity index (χ0v) is 15.4. The average Bonchev–Trinajstić information content (AvgIpc) is 3.03. The smallest absolute Gasteiger partial charge is 0.311 e. The first kappa shape index (κ1) is 19.4. The molecule has 7 nitrogen and oxygen atoms in total. The maximum absolute atomic E-state index is 12.0. The zero-order valence-electron chi connectivity index (χ0n) is 15.4. The molecule has 0 saturated heterocycles. The van der Waals surface area contributed by atoms with E-state index in [1.54, 1.807) is 0 Å². The summed E-state index contributed by atoms with van der Waals surface area (Å²) in [5, 5.41) is 16.3. The highest BCUT2D eigenvalue weighted by molar-refractivity contribution is 5.79. The topological polar surface area (TPSA) is 105 Å². The number of carboxylic acid groups (broad SMARTS) is 1. The van der Waals surface area contributed by atoms with Crippen molar-refractivity contribution in [1.29, 1.82) is 0 Å². The van der Waals surface area contributed by atoms with Crippen LogP contribution in [0.5, 0.6) is 0 Å². The average molecular weight is 351 g/mol. The van der Waals surface area contributed by atoms with Gasteiger partial charge in [0.2, 0.25) is 11.8 Å². The number of rotatable bonds is 7. The normalized spacial score (nSPS) is 17.2. The summed E-state index contributed by atoms with van der Waals surface area (Å²) in [7, 11) is 0. The van der Waals surface area contributed by atoms with Crippen molar-refractivity contribution in [2.75, 3.05) is 6.54 Å². The van der Waals surface area contributed by atoms with Gasteiger partial charge in [0.25, 0.3) is 0 Å². The third-order valence-corrected chi connectivity index (χ3v) is 4.82. The Bertz CT molecular complexity index is 598. The van der Waals surface area contributed by atoms with E-state index in [0.29, 0.717) is 43.8 Å². The molecule has 1 aliphatic rings. The Balaban J connectivity index is 1.75. The van der Waals surface area contributed by atoms with Gasteiger partial charge in [-0.2, -0.15) is 4.98 Å². The van der Waals surface area contributed by atoms with E-state index in [9.17, 15) is 14.7 Å². The summed E-state index contributed by atoms with van der Waals surface area (Å²) in [6.07, 6.45) is 5.64. The van der Waals surface area contributed by atoms with Crippen molar-refractivity contribution in [2.45, 2.75) is 77.6 Å². The summed E-state index contributed by atoms with van der Waals surface area (Å²) in [6.45, 7) is 6.26. The molecule has 0 radical (unpaired) electrons. The molecule has 25 heavy (non-hydrogen) atoms. The van der Waals surface area contributed by atoms with E-state index in [2.05, 4.69) is 15.5 Å². The summed E-state index contributed by atoms with van der Waals surface area (Å²) in [4.78, 5) is 28.0. The second-order valence-electron chi connectivity index (χ2n) is 8.04. The lowest BCUT2D eigenvalue weighted by molar-refractivity contribution is -0.151. The van der Waals surface area contributed by atoms with Crippen LogP contribution in [0.2, 0.25) is 0 Å². The lowest BCUT2D eigenvalue weighted by Crippen LogP contribution is -2.44. The maximum atomic E-state index is 12.0. The van der Waals surface area contributed by atoms with Crippen molar-refractivity contribution < 1.29 is 19.2 Å². The van der Waals surface area contributed by atoms with Gasteiger partial charge in [-0.3, -0.25) is 9.59 Å². The van der Waals surface area contributed by atoms with E-state index in [4.69, 9.17) is 4.52 Å². The summed E-state index contributed by atoms with van der Waals surface area (Å²) in [6, 6.07) is 0. The molecule has 1 heterocycles. The van der Waals surface area contributed by atoms with Gasteiger partial charge in [-0.1, -0.05) is 45.2 Å². The van der Waals surface area contributed by atoms with Crippen LogP contribution in [0.25, 0.3) is 0 Å². The summed E-state index contributed by atoms with van der Waals surface area (Å²) in [5.74, 6) is 0.273. The molecule has 0 aromatic carbocycles. The molecule has 2 N–H and O–H groups in total. The molecule has 0 atom stereocenters. The highest BCUT2D eigenvalue weighted by Crippen LogP contribution is 2.36. The SMILES string of the molecule is CC(C)(C)c1noc(CCCC(=O)NCC2(C(=O)O)CCCCC2)n1. The Hall–Kier alpha value is -1.92. The molecular formula is C18H29N3O4. The second kappa shape index (κ2) is 7.97. The first-order valence-electron chi connectivity index (χ1n) is 9.06. The van der Waals surface area contributed by atoms with E-state index < -0.39 is 11.4 Å². The van der Waals surface area contributed by atoms with E-state index in [1.165, 1.54) is 0 Å². The molecule has 140 valence electrons. The number of carbonyl (C=O) groups excluding carboxylic acids is 1. The monoisotopic (exact) mass is 351 g/mol. The van der Waals surface area contributed by atoms with Crippen molar-refractivity contribution in [2.24, 2.45) is 5.41 Å². The number of nitrogens with zero attached hydrogens (tertiary/aromatic N) is 2. The Labute approximate surface area is 148 Å². The molecule has 1 amide bonds. The van der Waals surface area contributed by atoms with Gasteiger partial charge in [0.1, 0.15) is 0 Å². The lowest BCUT2D eigenvalue weighted by atomic mass is 9.74. The second-order valence-corrected chi connectivity index (χ2v) is 8.04. The first-order valence-corrected chi connectivity index (χ1v) is 9.06. The van der Waals surface area contributed by atoms with Gasteiger partial charge in [0, 0.05) is 24.8 Å². The van der Waals surface area contributed by atoms with Crippen molar-refractivity contribution in [3.05, 3.63) is 11.7 Å². The van der Waals surface area contributed by atoms with Crippen LogP contribution in [0, 0.1) is 5.41 Å². The highest BCUT2D eigenvalue weighted by Gasteiger charge is 2.39. The molecule has 1 fully saturated rings. The minimum atomic E-state index is -0.798. The molecule has 0 aliphatic heterocycles. The van der Waals surface area contributed by atoms with Crippen LogP contribution >= 0.6 is 0 Å². The largest absolute Gasteiger partial charge is 0.481 e. The van der Waals surface area contributed by atoms with Gasteiger partial charge in [0.15, 0.2) is 5.82 Å². The van der Waals surface area contributed by atoms with Crippen molar-refractivity contribution in [3.8, 4) is 0 Å². The molecule has 0 bridgehead atoms. The fraction of sp³-hybridized carbons (Fsp3) is 0.778. The third-order valence-electron chi connectivity index (χ3n) is 4.82. The molecule has 1 aliphatic carbocycles. The summed E-state index contributed by atoms with van der Waals surface area (Å²) < 4.78 is 5.21. The fourth-order valence-corrected chi connectivity index (χ4v) is 3.11. The van der Waals surface area contributed by atoms with Crippen LogP contribution < -0.4 is 5.32 Å². The lowest BCUT2D eigenvalue weighted by Gasteiger charge is -2.33. The molecule has 0 unspecified atom stereocenters. The van der Waals surface area contributed by atoms with E-state index >= 15 is 0 Å². The van der Waals surface area contributed by atoms with Crippen LogP contribution in [-0.4, -0.2) is 33.7 Å². The Morgan fingerprint density at radius 3 is 2.48 bits per heavy atom. The van der Waals surface area contributed by atoms with Crippen LogP contribution in [0.4, 0.5) is 0 Å². The van der Waals surface area contributed by atoms with Crippen molar-refractivity contribution in [3.63, 3.8) is 0 Å². The number of hydrogen-bond donors (Lipinski definition) is 2. The van der Waals surface area contributed by atoms with Crippen molar-refractivity contribution in [1.82, 2.24) is 15.5 Å². The van der Waals surface area contributed by atoms with Gasteiger partial charge in [-0.05, 0) is 19.3 Å². The first-order chi connectivity index (χ1) is 11.7. The van der Waals surface area contributed by atoms with Gasteiger partial charge in [-0.25, -0.2) is 0 Å². The van der Waals surface area contributed by atoms with Crippen molar-refractivity contribution >= 4 is 11.9 Å². The van der Waals surface area contributed by atoms with Gasteiger partial charge >= 0.3 is 5.97 Å². The van der Waals surface area contributed by atoms with Gasteiger partial charge < -0.3 is 14.9 Å². The zero-order chi connectivity index (χ0) is 18.5. The van der Waals surface area contributed by atoms with E-state index in [0.717, 1.165) is 19.3 Å². The van der Waals surface area contributed by atoms with Gasteiger partial charge in [-0.15, -0.1) is 0 Å². The fourth-order valence-electron chi connectivity index (χ4n) is 3.11. The minimum absolute atomic E-state index is 0.123. The molecule has 7 heteroatoms. The summed E-state index contributed by atoms with van der Waals surface area (Å²) in [5.41, 5.74) is -0.952. The molecule has 2 rings (SSSR count). The summed E-state index contributed by atoms with van der Waals surface area (Å²) >= 11 is 0. The van der Waals surface area contributed by atoms with Crippen LogP contribution in [0.1, 0.15) is 77.4 Å². The number of hydrogen-bond acceptors (Lipinski definition) is 5. The number of aryl methyl sites for hydroxylation is 1.